The van der Waals surface area contributed by atoms with E-state index in [1.165, 1.54) is 47.7 Å². The average molecular weight is 556 g/mol. The first-order valence-electron chi connectivity index (χ1n) is 12.2. The van der Waals surface area contributed by atoms with Crippen molar-refractivity contribution in [3.8, 4) is 11.1 Å². The van der Waals surface area contributed by atoms with Crippen molar-refractivity contribution < 1.29 is 28.8 Å². The summed E-state index contributed by atoms with van der Waals surface area (Å²) in [6, 6.07) is 18.3. The molecule has 5 rings (SSSR count). The van der Waals surface area contributed by atoms with E-state index in [0.717, 1.165) is 4.90 Å². The van der Waals surface area contributed by atoms with Gasteiger partial charge in [0.2, 0.25) is 0 Å². The van der Waals surface area contributed by atoms with Crippen LogP contribution in [0, 0.1) is 17.0 Å². The number of hydrogen-bond acceptors (Lipinski definition) is 8. The molecule has 0 radical (unpaired) electrons. The van der Waals surface area contributed by atoms with Gasteiger partial charge >= 0.3 is 5.97 Å². The van der Waals surface area contributed by atoms with E-state index in [0.29, 0.717) is 32.8 Å². The van der Waals surface area contributed by atoms with Crippen LogP contribution in [-0.4, -0.2) is 35.2 Å². The van der Waals surface area contributed by atoms with Gasteiger partial charge in [-0.05, 0) is 67.9 Å². The highest BCUT2D eigenvalue weighted by molar-refractivity contribution is 7.17. The van der Waals surface area contributed by atoms with Crippen LogP contribution in [0.3, 0.4) is 0 Å². The third-order valence-electron chi connectivity index (χ3n) is 6.34. The predicted molar refractivity (Wildman–Crippen MR) is 149 cm³/mol. The maximum absolute atomic E-state index is 13.2. The Hall–Kier alpha value is -5.16. The van der Waals surface area contributed by atoms with Crippen LogP contribution in [0.15, 0.2) is 72.8 Å². The lowest BCUT2D eigenvalue weighted by molar-refractivity contribution is -0.384. The van der Waals surface area contributed by atoms with Gasteiger partial charge in [-0.15, -0.1) is 11.3 Å². The fourth-order valence-electron chi connectivity index (χ4n) is 4.49. The van der Waals surface area contributed by atoms with Crippen LogP contribution in [0.4, 0.5) is 16.4 Å². The molecule has 0 spiro atoms. The zero-order valence-corrected chi connectivity index (χ0v) is 22.1. The summed E-state index contributed by atoms with van der Waals surface area (Å²) in [6.45, 7) is 3.55. The number of imide groups is 1. The standard InChI is InChI=1S/C29H21N3O7S/c1-3-39-29(36)24-23(17-8-14-20(15-9-17)32(37)38)16(2)40-26(24)30-25(33)18-10-12-19(13-11-18)31-27(34)21-6-4-5-7-22(21)28(31)35/h4-15H,3H2,1-2H3,(H,30,33). The molecule has 0 atom stereocenters. The number of carbonyl (C=O) groups excluding carboxylic acids is 4. The van der Waals surface area contributed by atoms with Crippen LogP contribution < -0.4 is 10.2 Å². The number of ether oxygens (including phenoxy) is 1. The van der Waals surface area contributed by atoms with Crippen LogP contribution in [0.2, 0.25) is 0 Å². The summed E-state index contributed by atoms with van der Waals surface area (Å²) in [5.74, 6) is -2.04. The molecule has 0 fully saturated rings. The lowest BCUT2D eigenvalue weighted by Gasteiger charge is -2.14. The fourth-order valence-corrected chi connectivity index (χ4v) is 5.55. The molecule has 3 aromatic carbocycles. The Kier molecular flexibility index (Phi) is 6.97. The zero-order valence-electron chi connectivity index (χ0n) is 21.3. The van der Waals surface area contributed by atoms with Gasteiger partial charge in [0.25, 0.3) is 23.4 Å². The van der Waals surface area contributed by atoms with Crippen molar-refractivity contribution >= 4 is 51.4 Å². The van der Waals surface area contributed by atoms with Gasteiger partial charge in [-0.25, -0.2) is 9.69 Å². The number of rotatable bonds is 7. The second-order valence-corrected chi connectivity index (χ2v) is 9.98. The van der Waals surface area contributed by atoms with Crippen LogP contribution in [0.25, 0.3) is 11.1 Å². The van der Waals surface area contributed by atoms with E-state index in [9.17, 15) is 29.3 Å². The van der Waals surface area contributed by atoms with Gasteiger partial charge in [0.1, 0.15) is 10.6 Å². The molecule has 2 heterocycles. The highest BCUT2D eigenvalue weighted by Crippen LogP contribution is 2.41. The molecule has 10 nitrogen and oxygen atoms in total. The summed E-state index contributed by atoms with van der Waals surface area (Å²) in [4.78, 5) is 64.0. The first-order chi connectivity index (χ1) is 19.2. The van der Waals surface area contributed by atoms with Gasteiger partial charge in [-0.2, -0.15) is 0 Å². The van der Waals surface area contributed by atoms with Gasteiger partial charge in [-0.3, -0.25) is 24.5 Å². The van der Waals surface area contributed by atoms with Crippen LogP contribution in [-0.2, 0) is 4.74 Å². The van der Waals surface area contributed by atoms with E-state index < -0.39 is 28.6 Å². The molecule has 1 aromatic heterocycles. The zero-order chi connectivity index (χ0) is 28.6. The number of thiophene rings is 1. The number of benzene rings is 3. The Morgan fingerprint density at radius 3 is 2.10 bits per heavy atom. The second kappa shape index (κ2) is 10.5. The number of aryl methyl sites for hydroxylation is 1. The molecule has 0 aliphatic carbocycles. The molecular formula is C29H21N3O7S. The van der Waals surface area contributed by atoms with Crippen molar-refractivity contribution in [3.63, 3.8) is 0 Å². The summed E-state index contributed by atoms with van der Waals surface area (Å²) >= 11 is 1.18. The highest BCUT2D eigenvalue weighted by atomic mass is 32.1. The van der Waals surface area contributed by atoms with E-state index in [1.807, 2.05) is 0 Å². The van der Waals surface area contributed by atoms with E-state index in [2.05, 4.69) is 5.32 Å². The van der Waals surface area contributed by atoms with Crippen molar-refractivity contribution in [2.75, 3.05) is 16.8 Å². The number of non-ortho nitro benzene ring substituents is 1. The first kappa shape index (κ1) is 26.4. The molecule has 0 saturated carbocycles. The number of nitro groups is 1. The number of fused-ring (bicyclic) bond motifs is 1. The van der Waals surface area contributed by atoms with Gasteiger partial charge in [0.05, 0.1) is 28.3 Å². The third kappa shape index (κ3) is 4.63. The van der Waals surface area contributed by atoms with Crippen molar-refractivity contribution in [3.05, 3.63) is 110 Å². The number of nitrogens with one attached hydrogen (secondary N) is 1. The van der Waals surface area contributed by atoms with E-state index in [4.69, 9.17) is 4.74 Å². The topological polar surface area (TPSA) is 136 Å². The minimum atomic E-state index is -0.642. The summed E-state index contributed by atoms with van der Waals surface area (Å²) < 4.78 is 5.25. The number of nitrogens with zero attached hydrogens (tertiary/aromatic N) is 2. The molecule has 1 aliphatic heterocycles. The minimum absolute atomic E-state index is 0.0903. The van der Waals surface area contributed by atoms with Crippen LogP contribution in [0.1, 0.15) is 53.2 Å². The quantitative estimate of drug-likeness (QED) is 0.131. The Morgan fingerprint density at radius 2 is 1.55 bits per heavy atom. The largest absolute Gasteiger partial charge is 0.462 e. The van der Waals surface area contributed by atoms with E-state index in [-0.39, 0.29) is 28.4 Å². The summed E-state index contributed by atoms with van der Waals surface area (Å²) in [7, 11) is 0. The Bertz CT molecular complexity index is 1660. The molecule has 3 amide bonds. The molecular weight excluding hydrogens is 534 g/mol. The van der Waals surface area contributed by atoms with Gasteiger partial charge in [0.15, 0.2) is 0 Å². The lowest BCUT2D eigenvalue weighted by atomic mass is 10.0. The number of nitro benzene ring substituents is 1. The van der Waals surface area contributed by atoms with Crippen LogP contribution >= 0.6 is 11.3 Å². The molecule has 0 bridgehead atoms. The highest BCUT2D eigenvalue weighted by Gasteiger charge is 2.36. The lowest BCUT2D eigenvalue weighted by Crippen LogP contribution is -2.29. The predicted octanol–water partition coefficient (Wildman–Crippen LogP) is 5.86. The smallest absolute Gasteiger partial charge is 0.341 e. The van der Waals surface area contributed by atoms with Gasteiger partial charge in [0, 0.05) is 28.1 Å². The molecule has 11 heteroatoms. The van der Waals surface area contributed by atoms with E-state index in [1.54, 1.807) is 50.2 Å². The monoisotopic (exact) mass is 555 g/mol. The number of esters is 1. The normalized spacial score (nSPS) is 12.3. The SMILES string of the molecule is CCOC(=O)c1c(NC(=O)c2ccc(N3C(=O)c4ccccc4C3=O)cc2)sc(C)c1-c1ccc([N+](=O)[O-])cc1. The van der Waals surface area contributed by atoms with Gasteiger partial charge < -0.3 is 10.1 Å². The molecule has 1 N–H and O–H groups in total. The van der Waals surface area contributed by atoms with Crippen molar-refractivity contribution in [2.45, 2.75) is 13.8 Å². The maximum atomic E-state index is 13.2. The molecule has 4 aromatic rings. The summed E-state index contributed by atoms with van der Waals surface area (Å²) in [5.41, 5.74) is 2.32. The molecule has 0 saturated heterocycles. The third-order valence-corrected chi connectivity index (χ3v) is 7.36. The Balaban J connectivity index is 1.43. The molecule has 1 aliphatic rings. The number of anilines is 2. The summed E-state index contributed by atoms with van der Waals surface area (Å²) in [6.07, 6.45) is 0. The fraction of sp³-hybridized carbons (Fsp3) is 0.103. The van der Waals surface area contributed by atoms with Crippen molar-refractivity contribution in [2.24, 2.45) is 0 Å². The summed E-state index contributed by atoms with van der Waals surface area (Å²) in [5, 5.41) is 14.1. The molecule has 40 heavy (non-hydrogen) atoms. The molecule has 0 unspecified atom stereocenters. The number of hydrogen-bond donors (Lipinski definition) is 1. The van der Waals surface area contributed by atoms with Crippen LogP contribution in [0.5, 0.6) is 0 Å². The molecule has 200 valence electrons. The average Bonchev–Trinajstić information content (AvgIpc) is 3.41. The Morgan fingerprint density at radius 1 is 0.950 bits per heavy atom. The minimum Gasteiger partial charge on any atom is -0.462 e. The first-order valence-corrected chi connectivity index (χ1v) is 13.0. The van der Waals surface area contributed by atoms with Crippen molar-refractivity contribution in [1.29, 1.82) is 0 Å². The number of carbonyl (C=O) groups is 4. The maximum Gasteiger partial charge on any atom is 0.341 e. The number of amides is 3. The second-order valence-electron chi connectivity index (χ2n) is 8.75. The van der Waals surface area contributed by atoms with E-state index >= 15 is 0 Å². The van der Waals surface area contributed by atoms with Gasteiger partial charge in [-0.1, -0.05) is 12.1 Å². The van der Waals surface area contributed by atoms with Crippen molar-refractivity contribution in [1.82, 2.24) is 0 Å². The Labute approximate surface area is 232 Å².